The van der Waals surface area contributed by atoms with E-state index in [4.69, 9.17) is 0 Å². The van der Waals surface area contributed by atoms with Crippen molar-refractivity contribution in [3.63, 3.8) is 0 Å². The van der Waals surface area contributed by atoms with Gasteiger partial charge in [-0.15, -0.1) is 0 Å². The van der Waals surface area contributed by atoms with Gasteiger partial charge < -0.3 is 12.2 Å². The first kappa shape index (κ1) is 9.82. The number of nitrogens with one attached hydrogen (secondary N) is 1. The molecule has 1 N–H and O–H groups in total. The zero-order valence-corrected chi connectivity index (χ0v) is 6.96. The van der Waals surface area contributed by atoms with E-state index in [9.17, 15) is 0 Å². The molecule has 6 heavy (non-hydrogen) atoms. The Labute approximate surface area is 53.8 Å². The summed E-state index contributed by atoms with van der Waals surface area (Å²) in [7, 11) is 1.92. The van der Waals surface area contributed by atoms with Crippen LogP contribution in [-0.2, 0) is 21.1 Å². The van der Waals surface area contributed by atoms with Crippen molar-refractivity contribution in [2.45, 2.75) is 6.42 Å². The summed E-state index contributed by atoms with van der Waals surface area (Å²) in [6.07, 6.45) is 0.983. The van der Waals surface area contributed by atoms with E-state index in [1.165, 1.54) is 0 Å². The average Bonchev–Trinajstić information content (AvgIpc) is 1.41. The molecule has 1 nitrogen and oxygen atoms in total. The van der Waals surface area contributed by atoms with Gasteiger partial charge in [-0.2, -0.15) is 6.42 Å². The third-order valence-electron chi connectivity index (χ3n) is 0.427. The van der Waals surface area contributed by atoms with Crippen molar-refractivity contribution in [2.75, 3.05) is 13.6 Å². The minimum atomic E-state index is 0. The van der Waals surface area contributed by atoms with Gasteiger partial charge in [-0.1, -0.05) is 0 Å². The Morgan fingerprint density at radius 1 is 1.67 bits per heavy atom. The number of hydrogen-bond acceptors (Lipinski definition) is 1. The fraction of sp³-hybridized carbons (Fsp3) is 0.750. The summed E-state index contributed by atoms with van der Waals surface area (Å²) in [6.45, 7) is 4.64. The first-order valence-electron chi connectivity index (χ1n) is 1.85. The second kappa shape index (κ2) is 9.17. The van der Waals surface area contributed by atoms with Gasteiger partial charge in [0.15, 0.2) is 0 Å². The number of rotatable bonds is 2. The fourth-order valence-corrected chi connectivity index (χ4v) is 0.177. The van der Waals surface area contributed by atoms with Crippen molar-refractivity contribution in [1.29, 1.82) is 0 Å². The van der Waals surface area contributed by atoms with Crippen LogP contribution in [-0.4, -0.2) is 13.6 Å². The van der Waals surface area contributed by atoms with Crippen molar-refractivity contribution in [2.24, 2.45) is 0 Å². The van der Waals surface area contributed by atoms with Crippen LogP contribution in [0.25, 0.3) is 0 Å². The summed E-state index contributed by atoms with van der Waals surface area (Å²) in [4.78, 5) is 0. The molecule has 0 aliphatic rings. The molecule has 2 heteroatoms. The standard InChI is InChI=1S/C4H10N.W/c1-3-4-5-2;/h5H,1,3-4H2,2H3;/q-1;. The summed E-state index contributed by atoms with van der Waals surface area (Å²) in [5.74, 6) is 0. The predicted octanol–water partition coefficient (Wildman–Crippen LogP) is 0.427. The van der Waals surface area contributed by atoms with Gasteiger partial charge >= 0.3 is 0 Å². The molecule has 0 spiro atoms. The largest absolute Gasteiger partial charge is 0.342 e. The van der Waals surface area contributed by atoms with E-state index in [1.807, 2.05) is 7.05 Å². The van der Waals surface area contributed by atoms with Crippen molar-refractivity contribution in [1.82, 2.24) is 5.32 Å². The minimum Gasteiger partial charge on any atom is -0.342 e. The molecular formula is C4H10NW-. The molecule has 0 fully saturated rings. The van der Waals surface area contributed by atoms with E-state index in [-0.39, 0.29) is 21.1 Å². The molecule has 0 heterocycles. The van der Waals surface area contributed by atoms with Crippen LogP contribution in [0.1, 0.15) is 6.42 Å². The van der Waals surface area contributed by atoms with Gasteiger partial charge in [-0.3, -0.25) is 0 Å². The molecule has 0 aromatic rings. The molecule has 0 aromatic heterocycles. The second-order valence-corrected chi connectivity index (χ2v) is 0.957. The Morgan fingerprint density at radius 2 is 2.17 bits per heavy atom. The normalized spacial score (nSPS) is 7.00. The first-order valence-corrected chi connectivity index (χ1v) is 1.85. The van der Waals surface area contributed by atoms with Gasteiger partial charge in [0.1, 0.15) is 0 Å². The van der Waals surface area contributed by atoms with Crippen molar-refractivity contribution < 1.29 is 21.1 Å². The van der Waals surface area contributed by atoms with Gasteiger partial charge in [-0.05, 0) is 13.6 Å². The Kier molecular flexibility index (Phi) is 15.0. The van der Waals surface area contributed by atoms with E-state index in [0.29, 0.717) is 0 Å². The molecule has 0 unspecified atom stereocenters. The molecule has 0 radical (unpaired) electrons. The van der Waals surface area contributed by atoms with Gasteiger partial charge in [0.05, 0.1) is 0 Å². The minimum absolute atomic E-state index is 0. The Morgan fingerprint density at radius 3 is 2.17 bits per heavy atom. The van der Waals surface area contributed by atoms with Crippen molar-refractivity contribution in [3.8, 4) is 0 Å². The third-order valence-corrected chi connectivity index (χ3v) is 0.427. The Bertz CT molecular complexity index is 15.0. The summed E-state index contributed by atoms with van der Waals surface area (Å²) < 4.78 is 0. The van der Waals surface area contributed by atoms with E-state index >= 15 is 0 Å². The Balaban J connectivity index is 0. The van der Waals surface area contributed by atoms with Crippen LogP contribution in [0.5, 0.6) is 0 Å². The SMILES string of the molecule is [CH2-]CCNC.[W]. The summed E-state index contributed by atoms with van der Waals surface area (Å²) in [5, 5.41) is 2.95. The molecule has 0 bridgehead atoms. The zero-order chi connectivity index (χ0) is 4.12. The van der Waals surface area contributed by atoms with Gasteiger partial charge in [0, 0.05) is 21.1 Å². The summed E-state index contributed by atoms with van der Waals surface area (Å²) in [5.41, 5.74) is 0. The molecule has 0 aliphatic carbocycles. The maximum absolute atomic E-state index is 3.61. The van der Waals surface area contributed by atoms with Crippen LogP contribution < -0.4 is 5.32 Å². The average molecular weight is 256 g/mol. The second-order valence-electron chi connectivity index (χ2n) is 0.957. The maximum Gasteiger partial charge on any atom is 0 e. The molecule has 0 saturated carbocycles. The Hall–Kier alpha value is 0.648. The molecule has 0 atom stereocenters. The molecular weight excluding hydrogens is 246 g/mol. The first-order chi connectivity index (χ1) is 2.41. The monoisotopic (exact) mass is 256 g/mol. The van der Waals surface area contributed by atoms with Crippen LogP contribution in [0.2, 0.25) is 0 Å². The zero-order valence-electron chi connectivity index (χ0n) is 4.03. The summed E-state index contributed by atoms with van der Waals surface area (Å²) in [6, 6.07) is 0. The van der Waals surface area contributed by atoms with Crippen LogP contribution >= 0.6 is 0 Å². The van der Waals surface area contributed by atoms with Crippen molar-refractivity contribution in [3.05, 3.63) is 6.92 Å². The van der Waals surface area contributed by atoms with Gasteiger partial charge in [0.25, 0.3) is 0 Å². The molecule has 0 amide bonds. The molecule has 38 valence electrons. The third kappa shape index (κ3) is 8.82. The smallest absolute Gasteiger partial charge is 0 e. The molecule has 0 rings (SSSR count). The van der Waals surface area contributed by atoms with Crippen LogP contribution in [0.4, 0.5) is 0 Å². The van der Waals surface area contributed by atoms with E-state index in [0.717, 1.165) is 13.0 Å². The number of hydrogen-bond donors (Lipinski definition) is 1. The molecule has 0 aliphatic heterocycles. The predicted molar refractivity (Wildman–Crippen MR) is 23.9 cm³/mol. The van der Waals surface area contributed by atoms with E-state index in [1.54, 1.807) is 0 Å². The van der Waals surface area contributed by atoms with Gasteiger partial charge in [0.2, 0.25) is 0 Å². The maximum atomic E-state index is 3.61. The van der Waals surface area contributed by atoms with Gasteiger partial charge in [-0.25, -0.2) is 0 Å². The van der Waals surface area contributed by atoms with Crippen LogP contribution in [0.3, 0.4) is 0 Å². The van der Waals surface area contributed by atoms with E-state index < -0.39 is 0 Å². The van der Waals surface area contributed by atoms with Crippen molar-refractivity contribution >= 4 is 0 Å². The molecule has 0 saturated heterocycles. The fourth-order valence-electron chi connectivity index (χ4n) is 0.177. The van der Waals surface area contributed by atoms with Crippen LogP contribution in [0.15, 0.2) is 0 Å². The van der Waals surface area contributed by atoms with E-state index in [2.05, 4.69) is 12.2 Å². The molecule has 0 aromatic carbocycles. The van der Waals surface area contributed by atoms with Crippen LogP contribution in [0, 0.1) is 6.92 Å². The quantitative estimate of drug-likeness (QED) is 0.706. The summed E-state index contributed by atoms with van der Waals surface area (Å²) >= 11 is 0. The topological polar surface area (TPSA) is 12.0 Å².